The van der Waals surface area contributed by atoms with E-state index in [-0.39, 0.29) is 11.8 Å². The molecular weight excluding hydrogens is 343 g/mol. The van der Waals surface area contributed by atoms with E-state index < -0.39 is 5.54 Å². The Bertz CT molecular complexity index is 766. The van der Waals surface area contributed by atoms with E-state index >= 15 is 0 Å². The molecule has 1 aromatic carbocycles. The minimum Gasteiger partial charge on any atom is -0.355 e. The summed E-state index contributed by atoms with van der Waals surface area (Å²) in [6.45, 7) is 9.47. The van der Waals surface area contributed by atoms with Crippen LogP contribution in [0.1, 0.15) is 46.5 Å². The summed E-state index contributed by atoms with van der Waals surface area (Å²) in [7, 11) is 0. The molecule has 0 N–H and O–H groups in total. The van der Waals surface area contributed by atoms with Crippen LogP contribution in [0.15, 0.2) is 29.3 Å². The van der Waals surface area contributed by atoms with E-state index in [9.17, 15) is 9.18 Å². The van der Waals surface area contributed by atoms with E-state index in [0.29, 0.717) is 17.8 Å². The molecule has 3 heterocycles. The maximum atomic E-state index is 14.0. The van der Waals surface area contributed by atoms with Crippen LogP contribution in [0.2, 0.25) is 0 Å². The van der Waals surface area contributed by atoms with Crippen LogP contribution in [0.25, 0.3) is 0 Å². The zero-order chi connectivity index (χ0) is 19.2. The molecule has 1 unspecified atom stereocenters. The molecule has 3 aliphatic rings. The molecule has 146 valence electrons. The monoisotopic (exact) mass is 372 g/mol. The van der Waals surface area contributed by atoms with Gasteiger partial charge in [-0.1, -0.05) is 13.0 Å². The SMILES string of the molecule is CCN1CC[C@@]2(C[C@@H]1C)C(N1CCCC1C)=NC(=O)N2c1cccc(F)c1. The maximum absolute atomic E-state index is 14.0. The predicted molar refractivity (Wildman–Crippen MR) is 106 cm³/mol. The van der Waals surface area contributed by atoms with E-state index in [1.165, 1.54) is 12.1 Å². The number of benzene rings is 1. The first-order chi connectivity index (χ1) is 13.0. The second kappa shape index (κ2) is 6.89. The molecule has 5 nitrogen and oxygen atoms in total. The fourth-order valence-electron chi connectivity index (χ4n) is 5.22. The molecule has 6 heteroatoms. The van der Waals surface area contributed by atoms with Gasteiger partial charge in [-0.25, -0.2) is 9.18 Å². The average Bonchev–Trinajstić information content (AvgIpc) is 3.16. The number of anilines is 1. The number of rotatable bonds is 2. The Hall–Kier alpha value is -1.95. The summed E-state index contributed by atoms with van der Waals surface area (Å²) < 4.78 is 14.0. The molecule has 1 spiro atoms. The van der Waals surface area contributed by atoms with Crippen molar-refractivity contribution in [1.82, 2.24) is 9.80 Å². The molecule has 3 atom stereocenters. The van der Waals surface area contributed by atoms with Crippen molar-refractivity contribution in [2.24, 2.45) is 4.99 Å². The number of piperidine rings is 1. The van der Waals surface area contributed by atoms with Crippen LogP contribution < -0.4 is 4.90 Å². The third kappa shape index (κ3) is 2.94. The first-order valence-corrected chi connectivity index (χ1v) is 10.2. The summed E-state index contributed by atoms with van der Waals surface area (Å²) in [5.74, 6) is 0.585. The Morgan fingerprint density at radius 1 is 1.26 bits per heavy atom. The highest BCUT2D eigenvalue weighted by molar-refractivity contribution is 6.16. The molecular formula is C21H29FN4O. The number of carbonyl (C=O) groups is 1. The van der Waals surface area contributed by atoms with Crippen LogP contribution in [0.4, 0.5) is 14.9 Å². The number of amidine groups is 1. The van der Waals surface area contributed by atoms with Crippen molar-refractivity contribution in [2.75, 3.05) is 24.5 Å². The van der Waals surface area contributed by atoms with Gasteiger partial charge in [0, 0.05) is 30.9 Å². The highest BCUT2D eigenvalue weighted by atomic mass is 19.1. The summed E-state index contributed by atoms with van der Waals surface area (Å²) in [5.41, 5.74) is 0.136. The number of urea groups is 1. The lowest BCUT2D eigenvalue weighted by atomic mass is 9.80. The predicted octanol–water partition coefficient (Wildman–Crippen LogP) is 3.89. The quantitative estimate of drug-likeness (QED) is 0.791. The number of hydrogen-bond donors (Lipinski definition) is 0. The standard InChI is InChI=1S/C21H29FN4O/c1-4-24-12-10-21(14-16(24)3)19(25-11-6-7-15(25)2)23-20(27)26(21)18-9-5-8-17(22)13-18/h5,8-9,13,15-16H,4,6-7,10-12,14H2,1-3H3/t15?,16-,21+/m0/s1. The number of carbonyl (C=O) groups excluding carboxylic acids is 1. The molecule has 3 aliphatic heterocycles. The number of hydrogen-bond acceptors (Lipinski definition) is 3. The summed E-state index contributed by atoms with van der Waals surface area (Å²) in [5, 5.41) is 0. The number of halogens is 1. The van der Waals surface area contributed by atoms with Gasteiger partial charge in [0.25, 0.3) is 0 Å². The fraction of sp³-hybridized carbons (Fsp3) is 0.619. The van der Waals surface area contributed by atoms with Crippen LogP contribution in [0.3, 0.4) is 0 Å². The normalized spacial score (nSPS) is 31.9. The largest absolute Gasteiger partial charge is 0.355 e. The van der Waals surface area contributed by atoms with Crippen LogP contribution >= 0.6 is 0 Å². The Kier molecular flexibility index (Phi) is 4.70. The van der Waals surface area contributed by atoms with Gasteiger partial charge in [0.2, 0.25) is 0 Å². The van der Waals surface area contributed by atoms with Gasteiger partial charge in [0.15, 0.2) is 0 Å². The van der Waals surface area contributed by atoms with Crippen molar-refractivity contribution < 1.29 is 9.18 Å². The molecule has 4 rings (SSSR count). The van der Waals surface area contributed by atoms with Crippen LogP contribution in [-0.4, -0.2) is 58.9 Å². The van der Waals surface area contributed by atoms with Gasteiger partial charge in [-0.05, 0) is 64.3 Å². The molecule has 0 saturated carbocycles. The third-order valence-electron chi connectivity index (χ3n) is 6.60. The van der Waals surface area contributed by atoms with Gasteiger partial charge >= 0.3 is 6.03 Å². The Morgan fingerprint density at radius 3 is 2.70 bits per heavy atom. The molecule has 0 radical (unpaired) electrons. The van der Waals surface area contributed by atoms with Crippen molar-refractivity contribution in [2.45, 2.75) is 64.1 Å². The number of likely N-dealkylation sites (tertiary alicyclic amines) is 2. The minimum atomic E-state index is -0.478. The highest BCUT2D eigenvalue weighted by Crippen LogP contribution is 2.43. The number of amides is 2. The van der Waals surface area contributed by atoms with Crippen molar-refractivity contribution in [3.63, 3.8) is 0 Å². The Balaban J connectivity index is 1.78. The lowest BCUT2D eigenvalue weighted by Crippen LogP contribution is -2.63. The first-order valence-electron chi connectivity index (χ1n) is 10.2. The summed E-state index contributed by atoms with van der Waals surface area (Å²) in [4.78, 5) is 24.2. The number of nitrogens with zero attached hydrogens (tertiary/aromatic N) is 4. The zero-order valence-electron chi connectivity index (χ0n) is 16.5. The lowest BCUT2D eigenvalue weighted by molar-refractivity contribution is 0.132. The molecule has 0 aromatic heterocycles. The molecule has 1 aromatic rings. The van der Waals surface area contributed by atoms with E-state index in [0.717, 1.165) is 51.2 Å². The smallest absolute Gasteiger partial charge is 0.350 e. The molecule has 0 aliphatic carbocycles. The summed E-state index contributed by atoms with van der Waals surface area (Å²) in [6, 6.07) is 6.85. The van der Waals surface area contributed by atoms with Gasteiger partial charge in [-0.15, -0.1) is 0 Å². The van der Waals surface area contributed by atoms with Gasteiger partial charge in [0.1, 0.15) is 17.2 Å². The molecule has 2 fully saturated rings. The first kappa shape index (κ1) is 18.4. The molecule has 27 heavy (non-hydrogen) atoms. The summed E-state index contributed by atoms with van der Waals surface area (Å²) in [6.07, 6.45) is 3.90. The lowest BCUT2D eigenvalue weighted by Gasteiger charge is -2.49. The van der Waals surface area contributed by atoms with Gasteiger partial charge in [-0.2, -0.15) is 4.99 Å². The van der Waals surface area contributed by atoms with Gasteiger partial charge in [-0.3, -0.25) is 4.90 Å². The van der Waals surface area contributed by atoms with Crippen molar-refractivity contribution in [3.8, 4) is 0 Å². The zero-order valence-corrected chi connectivity index (χ0v) is 16.5. The second-order valence-electron chi connectivity index (χ2n) is 8.18. The Labute approximate surface area is 160 Å². The van der Waals surface area contributed by atoms with E-state index in [4.69, 9.17) is 0 Å². The van der Waals surface area contributed by atoms with Crippen LogP contribution in [-0.2, 0) is 0 Å². The van der Waals surface area contributed by atoms with E-state index in [2.05, 4.69) is 35.6 Å². The summed E-state index contributed by atoms with van der Waals surface area (Å²) >= 11 is 0. The third-order valence-corrected chi connectivity index (χ3v) is 6.60. The van der Waals surface area contributed by atoms with Gasteiger partial charge in [0.05, 0.1) is 0 Å². The van der Waals surface area contributed by atoms with Crippen LogP contribution in [0.5, 0.6) is 0 Å². The second-order valence-corrected chi connectivity index (χ2v) is 8.18. The Morgan fingerprint density at radius 2 is 2.07 bits per heavy atom. The van der Waals surface area contributed by atoms with E-state index in [1.54, 1.807) is 11.0 Å². The molecule has 0 bridgehead atoms. The maximum Gasteiger partial charge on any atom is 0.350 e. The topological polar surface area (TPSA) is 39.1 Å². The van der Waals surface area contributed by atoms with E-state index in [1.807, 2.05) is 6.07 Å². The van der Waals surface area contributed by atoms with Crippen molar-refractivity contribution >= 4 is 17.6 Å². The molecule has 2 amide bonds. The van der Waals surface area contributed by atoms with Crippen LogP contribution in [0, 0.1) is 5.82 Å². The van der Waals surface area contributed by atoms with Gasteiger partial charge < -0.3 is 9.80 Å². The highest BCUT2D eigenvalue weighted by Gasteiger charge is 2.55. The van der Waals surface area contributed by atoms with Crippen molar-refractivity contribution in [1.29, 1.82) is 0 Å². The number of aliphatic imine (C=N–C) groups is 1. The fourth-order valence-corrected chi connectivity index (χ4v) is 5.22. The average molecular weight is 372 g/mol. The molecule has 2 saturated heterocycles. The van der Waals surface area contributed by atoms with Crippen molar-refractivity contribution in [3.05, 3.63) is 30.1 Å². The minimum absolute atomic E-state index is 0.258.